The van der Waals surface area contributed by atoms with E-state index in [1.807, 2.05) is 37.1 Å². The third-order valence-electron chi connectivity index (χ3n) is 2.57. The highest BCUT2D eigenvalue weighted by Gasteiger charge is 2.14. The van der Waals surface area contributed by atoms with Gasteiger partial charge in [-0.05, 0) is 14.0 Å². The second-order valence-electron chi connectivity index (χ2n) is 3.51. The van der Waals surface area contributed by atoms with Gasteiger partial charge in [0.2, 0.25) is 0 Å². The first-order chi connectivity index (χ1) is 7.86. The van der Waals surface area contributed by atoms with Gasteiger partial charge in [-0.25, -0.2) is 4.52 Å². The van der Waals surface area contributed by atoms with Crippen LogP contribution in [0.1, 0.15) is 18.5 Å². The average molecular weight is 220 g/mol. The molecule has 1 N–H and O–H groups in total. The smallest absolute Gasteiger partial charge is 0.0893 e. The van der Waals surface area contributed by atoms with Crippen LogP contribution in [0.5, 0.6) is 0 Å². The lowest BCUT2D eigenvalue weighted by Crippen LogP contribution is -2.21. The Morgan fingerprint density at radius 2 is 2.38 bits per heavy atom. The van der Waals surface area contributed by atoms with Gasteiger partial charge < -0.3 is 10.1 Å². The number of hydrogen-bond donors (Lipinski definition) is 1. The zero-order valence-corrected chi connectivity index (χ0v) is 9.55. The Kier molecular flexibility index (Phi) is 3.48. The molecule has 2 rings (SSSR count). The average Bonchev–Trinajstić information content (AvgIpc) is 2.75. The minimum Gasteiger partial charge on any atom is -0.380 e. The van der Waals surface area contributed by atoms with E-state index in [0.717, 1.165) is 17.7 Å². The maximum Gasteiger partial charge on any atom is 0.0893 e. The van der Waals surface area contributed by atoms with Crippen molar-refractivity contribution in [3.05, 3.63) is 30.4 Å². The fourth-order valence-corrected chi connectivity index (χ4v) is 1.69. The van der Waals surface area contributed by atoms with E-state index in [0.29, 0.717) is 6.61 Å². The van der Waals surface area contributed by atoms with E-state index in [1.54, 1.807) is 6.20 Å². The maximum absolute atomic E-state index is 5.44. The molecule has 0 radical (unpaired) electrons. The zero-order chi connectivity index (χ0) is 11.4. The van der Waals surface area contributed by atoms with Crippen LogP contribution in [0, 0.1) is 0 Å². The third kappa shape index (κ3) is 2.05. The lowest BCUT2D eigenvalue weighted by Gasteiger charge is -2.14. The van der Waals surface area contributed by atoms with Crippen molar-refractivity contribution in [2.24, 2.45) is 0 Å². The minimum absolute atomic E-state index is 0.154. The largest absolute Gasteiger partial charge is 0.380 e. The number of nitrogens with one attached hydrogen (secondary N) is 1. The number of aromatic nitrogens is 3. The SMILES string of the molecule is CCOCC(NC)c1cnn2ccncc12. The Bertz CT molecular complexity index is 454. The molecule has 0 aliphatic carbocycles. The normalized spacial score (nSPS) is 13.1. The summed E-state index contributed by atoms with van der Waals surface area (Å²) < 4.78 is 7.26. The molecule has 86 valence electrons. The van der Waals surface area contributed by atoms with Crippen LogP contribution in [-0.4, -0.2) is 34.9 Å². The van der Waals surface area contributed by atoms with Crippen LogP contribution in [-0.2, 0) is 4.74 Å². The van der Waals surface area contributed by atoms with Crippen LogP contribution in [0.2, 0.25) is 0 Å². The van der Waals surface area contributed by atoms with Gasteiger partial charge in [-0.3, -0.25) is 4.98 Å². The Hall–Kier alpha value is -1.46. The fraction of sp³-hybridized carbons (Fsp3) is 0.455. The molecule has 2 aromatic heterocycles. The van der Waals surface area contributed by atoms with Crippen LogP contribution in [0.3, 0.4) is 0 Å². The van der Waals surface area contributed by atoms with Crippen LogP contribution in [0.15, 0.2) is 24.8 Å². The molecule has 0 aliphatic rings. The highest BCUT2D eigenvalue weighted by atomic mass is 16.5. The molecule has 0 fully saturated rings. The van der Waals surface area contributed by atoms with Gasteiger partial charge in [0.15, 0.2) is 0 Å². The second kappa shape index (κ2) is 5.05. The van der Waals surface area contributed by atoms with E-state index < -0.39 is 0 Å². The van der Waals surface area contributed by atoms with E-state index in [-0.39, 0.29) is 6.04 Å². The number of rotatable bonds is 5. The summed E-state index contributed by atoms with van der Waals surface area (Å²) >= 11 is 0. The van der Waals surface area contributed by atoms with Crippen molar-refractivity contribution in [2.45, 2.75) is 13.0 Å². The van der Waals surface area contributed by atoms with Crippen molar-refractivity contribution in [3.63, 3.8) is 0 Å². The van der Waals surface area contributed by atoms with Gasteiger partial charge in [-0.2, -0.15) is 5.10 Å². The van der Waals surface area contributed by atoms with Gasteiger partial charge >= 0.3 is 0 Å². The van der Waals surface area contributed by atoms with Crippen molar-refractivity contribution in [1.82, 2.24) is 19.9 Å². The molecular weight excluding hydrogens is 204 g/mol. The summed E-state index contributed by atoms with van der Waals surface area (Å²) in [6, 6.07) is 0.154. The van der Waals surface area contributed by atoms with Crippen LogP contribution in [0.4, 0.5) is 0 Å². The Labute approximate surface area is 94.4 Å². The van der Waals surface area contributed by atoms with Gasteiger partial charge in [-0.1, -0.05) is 0 Å². The number of likely N-dealkylation sites (N-methyl/N-ethyl adjacent to an activating group) is 1. The van der Waals surface area contributed by atoms with E-state index in [4.69, 9.17) is 4.74 Å². The van der Waals surface area contributed by atoms with Gasteiger partial charge in [0.25, 0.3) is 0 Å². The molecular formula is C11H16N4O. The summed E-state index contributed by atoms with van der Waals surface area (Å²) in [5.41, 5.74) is 2.13. The predicted molar refractivity (Wildman–Crippen MR) is 61.3 cm³/mol. The van der Waals surface area contributed by atoms with Crippen LogP contribution >= 0.6 is 0 Å². The van der Waals surface area contributed by atoms with E-state index in [9.17, 15) is 0 Å². The van der Waals surface area contributed by atoms with Crippen molar-refractivity contribution >= 4 is 5.52 Å². The standard InChI is InChI=1S/C11H16N4O/c1-3-16-8-10(12-2)9-6-14-15-5-4-13-7-11(9)15/h4-7,10,12H,3,8H2,1-2H3. The minimum atomic E-state index is 0.154. The molecule has 0 amide bonds. The van der Waals surface area contributed by atoms with Crippen LogP contribution < -0.4 is 5.32 Å². The Morgan fingerprint density at radius 1 is 1.50 bits per heavy atom. The zero-order valence-electron chi connectivity index (χ0n) is 9.55. The number of fused-ring (bicyclic) bond motifs is 1. The lowest BCUT2D eigenvalue weighted by molar-refractivity contribution is 0.125. The van der Waals surface area contributed by atoms with E-state index >= 15 is 0 Å². The van der Waals surface area contributed by atoms with Gasteiger partial charge in [0.05, 0.1) is 30.6 Å². The first-order valence-corrected chi connectivity index (χ1v) is 5.39. The summed E-state index contributed by atoms with van der Waals surface area (Å²) in [7, 11) is 1.92. The van der Waals surface area contributed by atoms with Gasteiger partial charge in [0.1, 0.15) is 0 Å². The monoisotopic (exact) mass is 220 g/mol. The molecule has 1 unspecified atom stereocenters. The molecule has 0 spiro atoms. The summed E-state index contributed by atoms with van der Waals surface area (Å²) in [5.74, 6) is 0. The van der Waals surface area contributed by atoms with Gasteiger partial charge in [-0.15, -0.1) is 0 Å². The third-order valence-corrected chi connectivity index (χ3v) is 2.57. The number of hydrogen-bond acceptors (Lipinski definition) is 4. The predicted octanol–water partition coefficient (Wildman–Crippen LogP) is 1.03. The maximum atomic E-state index is 5.44. The van der Waals surface area contributed by atoms with Crippen LogP contribution in [0.25, 0.3) is 5.52 Å². The Morgan fingerprint density at radius 3 is 3.12 bits per heavy atom. The molecule has 5 nitrogen and oxygen atoms in total. The lowest BCUT2D eigenvalue weighted by atomic mass is 10.1. The first kappa shape index (κ1) is 11.0. The fourth-order valence-electron chi connectivity index (χ4n) is 1.69. The van der Waals surface area contributed by atoms with Gasteiger partial charge in [0, 0.05) is 24.6 Å². The van der Waals surface area contributed by atoms with Crippen molar-refractivity contribution in [1.29, 1.82) is 0 Å². The van der Waals surface area contributed by atoms with Crippen molar-refractivity contribution in [3.8, 4) is 0 Å². The molecule has 0 aromatic carbocycles. The van der Waals surface area contributed by atoms with E-state index in [2.05, 4.69) is 15.4 Å². The summed E-state index contributed by atoms with van der Waals surface area (Å²) in [6.07, 6.45) is 7.24. The second-order valence-corrected chi connectivity index (χ2v) is 3.51. The Balaban J connectivity index is 2.30. The molecule has 2 aromatic rings. The summed E-state index contributed by atoms with van der Waals surface area (Å²) in [5, 5.41) is 7.50. The van der Waals surface area contributed by atoms with E-state index in [1.165, 1.54) is 0 Å². The highest BCUT2D eigenvalue weighted by Crippen LogP contribution is 2.18. The van der Waals surface area contributed by atoms with Crippen molar-refractivity contribution in [2.75, 3.05) is 20.3 Å². The molecule has 16 heavy (non-hydrogen) atoms. The molecule has 0 bridgehead atoms. The molecule has 0 saturated heterocycles. The molecule has 2 heterocycles. The van der Waals surface area contributed by atoms with Crippen molar-refractivity contribution < 1.29 is 4.74 Å². The number of ether oxygens (including phenoxy) is 1. The quantitative estimate of drug-likeness (QED) is 0.817. The summed E-state index contributed by atoms with van der Waals surface area (Å²) in [6.45, 7) is 3.35. The topological polar surface area (TPSA) is 51.5 Å². The molecule has 1 atom stereocenters. The molecule has 0 saturated carbocycles. The highest BCUT2D eigenvalue weighted by molar-refractivity contribution is 5.53. The number of nitrogens with zero attached hydrogens (tertiary/aromatic N) is 3. The molecule has 5 heteroatoms. The first-order valence-electron chi connectivity index (χ1n) is 5.39. The summed E-state index contributed by atoms with van der Waals surface area (Å²) in [4.78, 5) is 4.11. The molecule has 0 aliphatic heterocycles.